The Hall–Kier alpha value is -4.19. The first-order valence-electron chi connectivity index (χ1n) is 11.6. The van der Waals surface area contributed by atoms with Crippen molar-refractivity contribution in [2.75, 3.05) is 30.0 Å². The molecule has 0 saturated heterocycles. The Morgan fingerprint density at radius 1 is 1.14 bits per heavy atom. The van der Waals surface area contributed by atoms with E-state index in [0.29, 0.717) is 17.8 Å². The maximum atomic E-state index is 13.7. The summed E-state index contributed by atoms with van der Waals surface area (Å²) < 4.78 is 42.7. The maximum absolute atomic E-state index is 13.7. The number of nitrogens with zero attached hydrogens (tertiary/aromatic N) is 5. The Labute approximate surface area is 211 Å². The van der Waals surface area contributed by atoms with E-state index in [2.05, 4.69) is 25.7 Å². The molecule has 4 rings (SSSR count). The van der Waals surface area contributed by atoms with Gasteiger partial charge in [0.05, 0.1) is 16.8 Å². The average Bonchev–Trinajstić information content (AvgIpc) is 3.18. The Bertz CT molecular complexity index is 1430. The number of fused-ring (bicyclic) bond motifs is 1. The van der Waals surface area contributed by atoms with Gasteiger partial charge in [-0.05, 0) is 49.8 Å². The molecule has 4 aromatic rings. The van der Waals surface area contributed by atoms with Crippen LogP contribution in [-0.2, 0) is 19.8 Å². The Kier molecular flexibility index (Phi) is 7.30. The largest absolute Gasteiger partial charge is 0.416 e. The van der Waals surface area contributed by atoms with E-state index in [1.54, 1.807) is 37.1 Å². The second-order valence-electron chi connectivity index (χ2n) is 8.73. The monoisotopic (exact) mass is 512 g/mol. The van der Waals surface area contributed by atoms with Crippen LogP contribution < -0.4 is 16.4 Å². The summed E-state index contributed by atoms with van der Waals surface area (Å²) in [6.45, 7) is 2.79. The number of hydrogen-bond donors (Lipinski definition) is 3. The van der Waals surface area contributed by atoms with E-state index in [4.69, 9.17) is 5.73 Å². The smallest absolute Gasteiger partial charge is 0.368 e. The van der Waals surface area contributed by atoms with Crippen molar-refractivity contribution in [1.29, 1.82) is 0 Å². The molecular weight excluding hydrogens is 485 g/mol. The molecule has 0 aliphatic heterocycles. The molecule has 12 heteroatoms. The summed E-state index contributed by atoms with van der Waals surface area (Å²) in [5.74, 6) is 0.414. The third kappa shape index (κ3) is 6.15. The molecular formula is C25H27F3N8O. The number of aryl methyl sites for hydroxylation is 1. The van der Waals surface area contributed by atoms with Crippen LogP contribution in [0.2, 0.25) is 0 Å². The molecule has 2 heterocycles. The van der Waals surface area contributed by atoms with Crippen molar-refractivity contribution in [1.82, 2.24) is 24.6 Å². The molecule has 0 atom stereocenters. The summed E-state index contributed by atoms with van der Waals surface area (Å²) in [7, 11) is 3.48. The minimum atomic E-state index is -4.55. The van der Waals surface area contributed by atoms with E-state index in [-0.39, 0.29) is 29.6 Å². The number of hydrogen-bond acceptors (Lipinski definition) is 6. The summed E-state index contributed by atoms with van der Waals surface area (Å²) in [6.07, 6.45) is -2.10. The van der Waals surface area contributed by atoms with Gasteiger partial charge in [-0.25, -0.2) is 14.8 Å². The fraction of sp³-hybridized carbons (Fsp3) is 0.280. The molecule has 194 valence electrons. The summed E-state index contributed by atoms with van der Waals surface area (Å²) in [6, 6.07) is 10.3. The summed E-state index contributed by atoms with van der Waals surface area (Å²) in [4.78, 5) is 22.6. The predicted octanol–water partition coefficient (Wildman–Crippen LogP) is 5.12. The molecule has 37 heavy (non-hydrogen) atoms. The molecule has 0 fully saturated rings. The molecule has 2 amide bonds. The quantitative estimate of drug-likeness (QED) is 0.317. The second-order valence-corrected chi connectivity index (χ2v) is 8.73. The van der Waals surface area contributed by atoms with Gasteiger partial charge in [0, 0.05) is 42.5 Å². The van der Waals surface area contributed by atoms with Crippen LogP contribution in [-0.4, -0.2) is 44.3 Å². The van der Waals surface area contributed by atoms with Crippen LogP contribution in [0.5, 0.6) is 0 Å². The van der Waals surface area contributed by atoms with Crippen molar-refractivity contribution < 1.29 is 18.0 Å². The van der Waals surface area contributed by atoms with Crippen LogP contribution in [0.3, 0.4) is 0 Å². The number of carbonyl (C=O) groups is 1. The van der Waals surface area contributed by atoms with Gasteiger partial charge in [-0.15, -0.1) is 0 Å². The van der Waals surface area contributed by atoms with Crippen molar-refractivity contribution >= 4 is 34.4 Å². The average molecular weight is 513 g/mol. The SMILES string of the molecule is CCCN(C)Cc1ccc(NC(=O)Nc2cc(-c3ccc4nc(N)ncc4c3)n(C)n2)cc1C(F)(F)F. The van der Waals surface area contributed by atoms with Gasteiger partial charge in [0.15, 0.2) is 5.82 Å². The van der Waals surface area contributed by atoms with Crippen LogP contribution in [0.25, 0.3) is 22.2 Å². The molecule has 2 aromatic heterocycles. The first-order chi connectivity index (χ1) is 17.5. The van der Waals surface area contributed by atoms with Crippen molar-refractivity contribution in [2.24, 2.45) is 7.05 Å². The molecule has 0 unspecified atom stereocenters. The highest BCUT2D eigenvalue weighted by Gasteiger charge is 2.34. The zero-order valence-corrected chi connectivity index (χ0v) is 20.6. The third-order valence-electron chi connectivity index (χ3n) is 5.73. The highest BCUT2D eigenvalue weighted by Crippen LogP contribution is 2.34. The van der Waals surface area contributed by atoms with Crippen molar-refractivity contribution in [3.8, 4) is 11.3 Å². The van der Waals surface area contributed by atoms with Gasteiger partial charge in [0.25, 0.3) is 0 Å². The molecule has 0 aliphatic carbocycles. The Morgan fingerprint density at radius 3 is 2.65 bits per heavy atom. The summed E-state index contributed by atoms with van der Waals surface area (Å²) in [5.41, 5.74) is 7.22. The first kappa shape index (κ1) is 25.9. The van der Waals surface area contributed by atoms with Gasteiger partial charge in [0.1, 0.15) is 0 Å². The zero-order chi connectivity index (χ0) is 26.7. The van der Waals surface area contributed by atoms with Gasteiger partial charge in [-0.2, -0.15) is 18.3 Å². The third-order valence-corrected chi connectivity index (χ3v) is 5.73. The van der Waals surface area contributed by atoms with E-state index >= 15 is 0 Å². The van der Waals surface area contributed by atoms with Crippen molar-refractivity contribution in [3.63, 3.8) is 0 Å². The molecule has 0 spiro atoms. The topological polar surface area (TPSA) is 114 Å². The number of amides is 2. The molecule has 0 saturated carbocycles. The van der Waals surface area contributed by atoms with Crippen LogP contribution in [0.1, 0.15) is 24.5 Å². The number of benzene rings is 2. The van der Waals surface area contributed by atoms with Crippen molar-refractivity contribution in [2.45, 2.75) is 26.1 Å². The minimum Gasteiger partial charge on any atom is -0.368 e. The second kappa shape index (κ2) is 10.4. The predicted molar refractivity (Wildman–Crippen MR) is 137 cm³/mol. The minimum absolute atomic E-state index is 0.0247. The number of aromatic nitrogens is 4. The number of nitrogen functional groups attached to an aromatic ring is 1. The molecule has 0 bridgehead atoms. The fourth-order valence-electron chi connectivity index (χ4n) is 4.09. The summed E-state index contributed by atoms with van der Waals surface area (Å²) >= 11 is 0. The van der Waals surface area contributed by atoms with E-state index in [1.165, 1.54) is 12.1 Å². The maximum Gasteiger partial charge on any atom is 0.416 e. The zero-order valence-electron chi connectivity index (χ0n) is 20.6. The molecule has 0 aliphatic rings. The van der Waals surface area contributed by atoms with E-state index < -0.39 is 17.8 Å². The van der Waals surface area contributed by atoms with Gasteiger partial charge in [-0.1, -0.05) is 19.1 Å². The Balaban J connectivity index is 1.50. The van der Waals surface area contributed by atoms with Gasteiger partial charge in [0.2, 0.25) is 5.95 Å². The first-order valence-corrected chi connectivity index (χ1v) is 11.6. The summed E-state index contributed by atoms with van der Waals surface area (Å²) in [5, 5.41) is 10.1. The lowest BCUT2D eigenvalue weighted by atomic mass is 10.1. The van der Waals surface area contributed by atoms with E-state index in [9.17, 15) is 18.0 Å². The number of anilines is 3. The number of alkyl halides is 3. The van der Waals surface area contributed by atoms with E-state index in [0.717, 1.165) is 23.4 Å². The highest BCUT2D eigenvalue weighted by molar-refractivity contribution is 5.99. The molecule has 9 nitrogen and oxygen atoms in total. The standard InChI is InChI=1S/C25H27F3N8O/c1-4-9-35(2)14-16-5-7-18(11-19(16)25(26,27)28)31-24(37)33-22-12-21(36(3)34-22)15-6-8-20-17(10-15)13-30-23(29)32-20/h5-8,10-13H,4,9,14H2,1-3H3,(H2,29,30,32)(H2,31,33,34,37). The highest BCUT2D eigenvalue weighted by atomic mass is 19.4. The number of nitrogens with two attached hydrogens (primary N) is 1. The number of urea groups is 1. The lowest BCUT2D eigenvalue weighted by molar-refractivity contribution is -0.138. The van der Waals surface area contributed by atoms with Crippen LogP contribution in [0.15, 0.2) is 48.7 Å². The lowest BCUT2D eigenvalue weighted by Crippen LogP contribution is -2.23. The van der Waals surface area contributed by atoms with Crippen molar-refractivity contribution in [3.05, 3.63) is 59.8 Å². The fourth-order valence-corrected chi connectivity index (χ4v) is 4.09. The number of halogens is 3. The number of carbonyl (C=O) groups excluding carboxylic acids is 1. The lowest BCUT2D eigenvalue weighted by Gasteiger charge is -2.20. The normalized spacial score (nSPS) is 11.8. The van der Waals surface area contributed by atoms with Crippen LogP contribution in [0.4, 0.5) is 35.4 Å². The van der Waals surface area contributed by atoms with Crippen LogP contribution in [0, 0.1) is 0 Å². The van der Waals surface area contributed by atoms with Gasteiger partial charge < -0.3 is 16.0 Å². The van der Waals surface area contributed by atoms with Crippen LogP contribution >= 0.6 is 0 Å². The number of nitrogens with one attached hydrogen (secondary N) is 2. The van der Waals surface area contributed by atoms with Gasteiger partial charge in [-0.3, -0.25) is 10.00 Å². The molecule has 2 aromatic carbocycles. The van der Waals surface area contributed by atoms with Gasteiger partial charge >= 0.3 is 12.2 Å². The van der Waals surface area contributed by atoms with E-state index in [1.807, 2.05) is 24.0 Å². The molecule has 0 radical (unpaired) electrons. The number of rotatable bonds is 7. The Morgan fingerprint density at radius 2 is 1.92 bits per heavy atom. The molecule has 4 N–H and O–H groups in total.